The second kappa shape index (κ2) is 8.93. The summed E-state index contributed by atoms with van der Waals surface area (Å²) < 4.78 is 0. The Morgan fingerprint density at radius 2 is 2.17 bits per heavy atom. The number of benzene rings is 1. The van der Waals surface area contributed by atoms with Crippen molar-refractivity contribution in [1.29, 1.82) is 0 Å². The Hall–Kier alpha value is -2.44. The van der Waals surface area contributed by atoms with Crippen molar-refractivity contribution in [3.63, 3.8) is 0 Å². The molecule has 1 aromatic rings. The molecule has 0 bridgehead atoms. The molecule has 2 heterocycles. The topological polar surface area (TPSA) is 61.8 Å². The lowest BCUT2D eigenvalue weighted by Crippen LogP contribution is -2.35. The van der Waals surface area contributed by atoms with E-state index in [1.165, 1.54) is 24.6 Å². The standard InChI is InChI=1S/C23H25N3O2S/c1-16-5-4-6-17(13-16)14-21-23(28)25-19-15-18(7-8-20(19)29-21)22(27)24-9-12-26-10-2-3-11-26/h4-8,13-15,20H,2-3,9-12H2,1H3,(H,24,27)/b21-14+. The van der Waals surface area contributed by atoms with Gasteiger partial charge >= 0.3 is 0 Å². The molecule has 29 heavy (non-hydrogen) atoms. The van der Waals surface area contributed by atoms with Gasteiger partial charge in [0.25, 0.3) is 11.8 Å². The van der Waals surface area contributed by atoms with Crippen LogP contribution in [0.25, 0.3) is 6.08 Å². The molecule has 150 valence electrons. The number of rotatable bonds is 5. The van der Waals surface area contributed by atoms with Crippen LogP contribution in [0.2, 0.25) is 0 Å². The van der Waals surface area contributed by atoms with Crippen LogP contribution in [0.15, 0.2) is 58.0 Å². The highest BCUT2D eigenvalue weighted by atomic mass is 32.2. The van der Waals surface area contributed by atoms with Crippen LogP contribution in [0.1, 0.15) is 24.0 Å². The smallest absolute Gasteiger partial charge is 0.283 e. The first-order valence-corrected chi connectivity index (χ1v) is 10.9. The van der Waals surface area contributed by atoms with Crippen molar-refractivity contribution in [1.82, 2.24) is 10.2 Å². The first-order valence-electron chi connectivity index (χ1n) is 10.1. The highest BCUT2D eigenvalue weighted by Gasteiger charge is 2.28. The first-order chi connectivity index (χ1) is 14.1. The molecule has 1 aliphatic carbocycles. The van der Waals surface area contributed by atoms with E-state index in [0.717, 1.165) is 30.8 Å². The van der Waals surface area contributed by atoms with Crippen LogP contribution in [0, 0.1) is 6.92 Å². The van der Waals surface area contributed by atoms with E-state index in [0.29, 0.717) is 22.7 Å². The third-order valence-electron chi connectivity index (χ3n) is 5.26. The van der Waals surface area contributed by atoms with Crippen LogP contribution < -0.4 is 5.32 Å². The zero-order valence-electron chi connectivity index (χ0n) is 16.6. The van der Waals surface area contributed by atoms with Crippen molar-refractivity contribution < 1.29 is 9.59 Å². The molecule has 1 N–H and O–H groups in total. The van der Waals surface area contributed by atoms with Gasteiger partial charge in [0.15, 0.2) is 0 Å². The van der Waals surface area contributed by atoms with Crippen LogP contribution in [-0.2, 0) is 9.59 Å². The van der Waals surface area contributed by atoms with Gasteiger partial charge in [-0.1, -0.05) is 42.0 Å². The van der Waals surface area contributed by atoms with Crippen LogP contribution in [0.4, 0.5) is 0 Å². The molecule has 2 amide bonds. The van der Waals surface area contributed by atoms with E-state index >= 15 is 0 Å². The van der Waals surface area contributed by atoms with Crippen molar-refractivity contribution >= 4 is 35.4 Å². The summed E-state index contributed by atoms with van der Waals surface area (Å²) in [7, 11) is 0. The summed E-state index contributed by atoms with van der Waals surface area (Å²) in [5.74, 6) is -0.358. The molecule has 2 aliphatic heterocycles. The second-order valence-corrected chi connectivity index (χ2v) is 8.75. The maximum absolute atomic E-state index is 12.5. The Kier molecular flexibility index (Phi) is 6.11. The van der Waals surface area contributed by atoms with Gasteiger partial charge in [-0.2, -0.15) is 0 Å². The lowest BCUT2D eigenvalue weighted by molar-refractivity contribution is -0.117. The Morgan fingerprint density at radius 3 is 2.97 bits per heavy atom. The normalized spacial score (nSPS) is 23.0. The quantitative estimate of drug-likeness (QED) is 0.762. The van der Waals surface area contributed by atoms with E-state index in [2.05, 4.69) is 15.2 Å². The highest BCUT2D eigenvalue weighted by Crippen LogP contribution is 2.34. The predicted octanol–water partition coefficient (Wildman–Crippen LogP) is 3.13. The number of hydrogen-bond acceptors (Lipinski definition) is 4. The molecule has 0 aromatic heterocycles. The van der Waals surface area contributed by atoms with Gasteiger partial charge in [-0.3, -0.25) is 9.59 Å². The molecule has 1 aromatic carbocycles. The SMILES string of the molecule is Cc1cccc(/C=C2/SC3C=CC(C(=O)NCCN4CCCC4)=CC3=NC2=O)c1. The molecule has 5 nitrogen and oxygen atoms in total. The molecule has 0 spiro atoms. The Balaban J connectivity index is 1.41. The fourth-order valence-corrected chi connectivity index (χ4v) is 4.74. The van der Waals surface area contributed by atoms with E-state index in [9.17, 15) is 9.59 Å². The summed E-state index contributed by atoms with van der Waals surface area (Å²) in [4.78, 5) is 32.2. The monoisotopic (exact) mass is 407 g/mol. The van der Waals surface area contributed by atoms with Crippen LogP contribution >= 0.6 is 11.8 Å². The molecule has 1 atom stereocenters. The van der Waals surface area contributed by atoms with E-state index in [1.54, 1.807) is 6.08 Å². The molecule has 3 aliphatic rings. The predicted molar refractivity (Wildman–Crippen MR) is 119 cm³/mol. The third-order valence-corrected chi connectivity index (χ3v) is 6.45. The summed E-state index contributed by atoms with van der Waals surface area (Å²) in [6, 6.07) is 8.03. The van der Waals surface area contributed by atoms with Gasteiger partial charge in [-0.15, -0.1) is 11.8 Å². The summed E-state index contributed by atoms with van der Waals surface area (Å²) >= 11 is 1.48. The van der Waals surface area contributed by atoms with Gasteiger partial charge in [0.2, 0.25) is 0 Å². The number of amides is 2. The summed E-state index contributed by atoms with van der Waals surface area (Å²) in [6.45, 7) is 5.79. The number of likely N-dealkylation sites (tertiary alicyclic amines) is 1. The Labute approximate surface area is 175 Å². The van der Waals surface area contributed by atoms with Crippen molar-refractivity contribution in [2.24, 2.45) is 4.99 Å². The number of thioether (sulfide) groups is 1. The van der Waals surface area contributed by atoms with Crippen LogP contribution in [-0.4, -0.2) is 53.9 Å². The molecule has 1 fully saturated rings. The Morgan fingerprint density at radius 1 is 1.34 bits per heavy atom. The summed E-state index contributed by atoms with van der Waals surface area (Å²) in [5, 5.41) is 2.94. The molecule has 0 saturated carbocycles. The van der Waals surface area contributed by atoms with Gasteiger partial charge < -0.3 is 10.2 Å². The number of fused-ring (bicyclic) bond motifs is 1. The van der Waals surface area contributed by atoms with Gasteiger partial charge in [0.05, 0.1) is 15.9 Å². The minimum Gasteiger partial charge on any atom is -0.351 e. The number of allylic oxidation sites excluding steroid dienone is 1. The molecule has 4 rings (SSSR count). The lowest BCUT2D eigenvalue weighted by Gasteiger charge is -2.22. The third kappa shape index (κ3) is 4.95. The Bertz CT molecular complexity index is 939. The largest absolute Gasteiger partial charge is 0.351 e. The van der Waals surface area contributed by atoms with Gasteiger partial charge in [-0.05, 0) is 50.6 Å². The van der Waals surface area contributed by atoms with Gasteiger partial charge in [0, 0.05) is 18.7 Å². The summed E-state index contributed by atoms with van der Waals surface area (Å²) in [6.07, 6.45) is 9.91. The van der Waals surface area contributed by atoms with E-state index in [-0.39, 0.29) is 17.1 Å². The minimum absolute atomic E-state index is 0.0371. The van der Waals surface area contributed by atoms with E-state index in [4.69, 9.17) is 0 Å². The van der Waals surface area contributed by atoms with Crippen molar-refractivity contribution in [2.45, 2.75) is 25.0 Å². The lowest BCUT2D eigenvalue weighted by atomic mass is 10.0. The highest BCUT2D eigenvalue weighted by molar-refractivity contribution is 8.05. The average molecular weight is 408 g/mol. The zero-order valence-corrected chi connectivity index (χ0v) is 17.4. The van der Waals surface area contributed by atoms with Crippen molar-refractivity contribution in [3.8, 4) is 0 Å². The molecule has 1 unspecified atom stereocenters. The van der Waals surface area contributed by atoms with E-state index in [1.807, 2.05) is 49.4 Å². The average Bonchev–Trinajstić information content (AvgIpc) is 3.22. The fraction of sp³-hybridized carbons (Fsp3) is 0.348. The minimum atomic E-state index is -0.247. The second-order valence-electron chi connectivity index (χ2n) is 7.57. The number of nitrogens with zero attached hydrogens (tertiary/aromatic N) is 2. The number of nitrogens with one attached hydrogen (secondary N) is 1. The van der Waals surface area contributed by atoms with Gasteiger partial charge in [0.1, 0.15) is 0 Å². The van der Waals surface area contributed by atoms with E-state index < -0.39 is 0 Å². The first kappa shape index (κ1) is 19.9. The number of carbonyl (C=O) groups is 2. The van der Waals surface area contributed by atoms with Crippen LogP contribution in [0.5, 0.6) is 0 Å². The molecule has 0 radical (unpaired) electrons. The zero-order chi connectivity index (χ0) is 20.2. The number of aliphatic imine (C=N–C) groups is 1. The molecule has 6 heteroatoms. The molecular weight excluding hydrogens is 382 g/mol. The molecule has 1 saturated heterocycles. The maximum atomic E-state index is 12.5. The van der Waals surface area contributed by atoms with Crippen LogP contribution in [0.3, 0.4) is 0 Å². The number of carbonyl (C=O) groups excluding carboxylic acids is 2. The fourth-order valence-electron chi connectivity index (χ4n) is 3.72. The maximum Gasteiger partial charge on any atom is 0.283 e. The van der Waals surface area contributed by atoms with Crippen molar-refractivity contribution in [2.75, 3.05) is 26.2 Å². The number of aryl methyl sites for hydroxylation is 1. The van der Waals surface area contributed by atoms with Crippen molar-refractivity contribution in [3.05, 3.63) is 64.1 Å². The number of hydrogen-bond donors (Lipinski definition) is 1. The van der Waals surface area contributed by atoms with Gasteiger partial charge in [-0.25, -0.2) is 4.99 Å². The molecular formula is C23H25N3O2S. The summed E-state index contributed by atoms with van der Waals surface area (Å²) in [5.41, 5.74) is 3.35.